The summed E-state index contributed by atoms with van der Waals surface area (Å²) in [6.45, 7) is 1.54. The van der Waals surface area contributed by atoms with Gasteiger partial charge < -0.3 is 14.2 Å². The van der Waals surface area contributed by atoms with Crippen LogP contribution in [0.2, 0.25) is 5.15 Å². The van der Waals surface area contributed by atoms with Crippen molar-refractivity contribution in [1.82, 2.24) is 20.0 Å². The lowest BCUT2D eigenvalue weighted by molar-refractivity contribution is -0.139. The first-order chi connectivity index (χ1) is 10.7. The monoisotopic (exact) mass is 322 g/mol. The summed E-state index contributed by atoms with van der Waals surface area (Å²) in [6.07, 6.45) is 5.48. The molecule has 3 heterocycles. The van der Waals surface area contributed by atoms with Crippen LogP contribution in [0.3, 0.4) is 0 Å². The molecule has 1 fully saturated rings. The summed E-state index contributed by atoms with van der Waals surface area (Å²) in [5.41, 5.74) is 0.738. The molecule has 1 unspecified atom stereocenters. The van der Waals surface area contributed by atoms with Crippen LogP contribution in [0, 0.1) is 0 Å². The molecule has 0 aromatic carbocycles. The van der Waals surface area contributed by atoms with Crippen LogP contribution in [-0.2, 0) is 16.0 Å². The molecule has 0 spiro atoms. The van der Waals surface area contributed by atoms with Gasteiger partial charge in [-0.3, -0.25) is 14.8 Å². The second-order valence-electron chi connectivity index (χ2n) is 4.95. The molecule has 116 valence electrons. The highest BCUT2D eigenvalue weighted by molar-refractivity contribution is 6.29. The molecule has 2 aromatic heterocycles. The highest BCUT2D eigenvalue weighted by Gasteiger charge is 2.26. The minimum absolute atomic E-state index is 0.0460. The summed E-state index contributed by atoms with van der Waals surface area (Å²) in [6, 6.07) is 1.62. The average molecular weight is 323 g/mol. The van der Waals surface area contributed by atoms with Gasteiger partial charge in [-0.05, 0) is 0 Å². The Morgan fingerprint density at radius 1 is 1.45 bits per heavy atom. The number of carbonyl (C=O) groups is 1. The molecular formula is C14H15ClN4O3. The molecule has 0 saturated carbocycles. The second kappa shape index (κ2) is 6.85. The van der Waals surface area contributed by atoms with Crippen molar-refractivity contribution in [3.8, 4) is 0 Å². The number of carbonyl (C=O) groups excluding carboxylic acids is 1. The van der Waals surface area contributed by atoms with Crippen LogP contribution in [0.5, 0.6) is 0 Å². The third kappa shape index (κ3) is 3.61. The summed E-state index contributed by atoms with van der Waals surface area (Å²) in [5, 5.41) is 3.89. The molecule has 7 nitrogen and oxygen atoms in total. The maximum absolute atomic E-state index is 12.3. The van der Waals surface area contributed by atoms with Gasteiger partial charge in [-0.15, -0.1) is 0 Å². The first-order valence-corrected chi connectivity index (χ1v) is 7.36. The minimum atomic E-state index is -0.230. The first kappa shape index (κ1) is 14.9. The van der Waals surface area contributed by atoms with Crippen molar-refractivity contribution < 1.29 is 14.1 Å². The number of hydrogen-bond donors (Lipinski definition) is 0. The van der Waals surface area contributed by atoms with Crippen molar-refractivity contribution in [1.29, 1.82) is 0 Å². The highest BCUT2D eigenvalue weighted by atomic mass is 35.5. The van der Waals surface area contributed by atoms with Gasteiger partial charge in [-0.2, -0.15) is 0 Å². The Bertz CT molecular complexity index is 634. The SMILES string of the molecule is O=C(CCc1cc(Cl)no1)N1CCOC(c2cnccn2)C1. The summed E-state index contributed by atoms with van der Waals surface area (Å²) >= 11 is 5.68. The Morgan fingerprint density at radius 3 is 3.09 bits per heavy atom. The maximum Gasteiger partial charge on any atom is 0.223 e. The lowest BCUT2D eigenvalue weighted by atomic mass is 10.2. The van der Waals surface area contributed by atoms with Crippen LogP contribution in [0.25, 0.3) is 0 Å². The third-order valence-corrected chi connectivity index (χ3v) is 3.63. The molecule has 22 heavy (non-hydrogen) atoms. The molecule has 0 bridgehead atoms. The van der Waals surface area contributed by atoms with Gasteiger partial charge in [0, 0.05) is 37.8 Å². The fraction of sp³-hybridized carbons (Fsp3) is 0.429. The lowest BCUT2D eigenvalue weighted by Gasteiger charge is -2.32. The fourth-order valence-corrected chi connectivity index (χ4v) is 2.48. The van der Waals surface area contributed by atoms with E-state index in [2.05, 4.69) is 15.1 Å². The number of morpholine rings is 1. The lowest BCUT2D eigenvalue weighted by Crippen LogP contribution is -2.42. The summed E-state index contributed by atoms with van der Waals surface area (Å²) in [7, 11) is 0. The van der Waals surface area contributed by atoms with Crippen LogP contribution in [0.15, 0.2) is 29.2 Å². The van der Waals surface area contributed by atoms with Gasteiger partial charge in [0.15, 0.2) is 5.15 Å². The molecule has 0 N–H and O–H groups in total. The Labute approximate surface area is 132 Å². The van der Waals surface area contributed by atoms with Crippen LogP contribution < -0.4 is 0 Å². The molecule has 2 aromatic rings. The number of ether oxygens (including phenoxy) is 1. The van der Waals surface area contributed by atoms with Crippen LogP contribution >= 0.6 is 11.6 Å². The maximum atomic E-state index is 12.3. The summed E-state index contributed by atoms with van der Waals surface area (Å²) in [4.78, 5) is 22.3. The Balaban J connectivity index is 1.56. The zero-order chi connectivity index (χ0) is 15.4. The summed E-state index contributed by atoms with van der Waals surface area (Å²) in [5.74, 6) is 0.654. The molecule has 1 atom stereocenters. The molecule has 1 aliphatic heterocycles. The van der Waals surface area contributed by atoms with E-state index in [-0.39, 0.29) is 12.0 Å². The van der Waals surface area contributed by atoms with E-state index in [0.717, 1.165) is 5.69 Å². The van der Waals surface area contributed by atoms with E-state index in [1.54, 1.807) is 29.6 Å². The van der Waals surface area contributed by atoms with E-state index in [0.29, 0.717) is 43.5 Å². The second-order valence-corrected chi connectivity index (χ2v) is 5.33. The Kier molecular flexibility index (Phi) is 4.65. The van der Waals surface area contributed by atoms with Gasteiger partial charge in [-0.25, -0.2) is 0 Å². The minimum Gasteiger partial charge on any atom is -0.368 e. The van der Waals surface area contributed by atoms with Gasteiger partial charge >= 0.3 is 0 Å². The van der Waals surface area contributed by atoms with Crippen molar-refractivity contribution in [2.75, 3.05) is 19.7 Å². The Morgan fingerprint density at radius 2 is 2.36 bits per heavy atom. The van der Waals surface area contributed by atoms with E-state index in [4.69, 9.17) is 20.9 Å². The van der Waals surface area contributed by atoms with Gasteiger partial charge in [0.2, 0.25) is 5.91 Å². The van der Waals surface area contributed by atoms with Crippen molar-refractivity contribution in [3.63, 3.8) is 0 Å². The van der Waals surface area contributed by atoms with E-state index in [1.165, 1.54) is 0 Å². The van der Waals surface area contributed by atoms with E-state index < -0.39 is 0 Å². The topological polar surface area (TPSA) is 81.4 Å². The number of aryl methyl sites for hydroxylation is 1. The van der Waals surface area contributed by atoms with Gasteiger partial charge in [0.1, 0.15) is 11.9 Å². The number of amides is 1. The quantitative estimate of drug-likeness (QED) is 0.851. The van der Waals surface area contributed by atoms with Crippen LogP contribution in [0.1, 0.15) is 24.0 Å². The number of nitrogens with zero attached hydrogens (tertiary/aromatic N) is 4. The van der Waals surface area contributed by atoms with Crippen molar-refractivity contribution in [2.45, 2.75) is 18.9 Å². The zero-order valence-corrected chi connectivity index (χ0v) is 12.6. The highest BCUT2D eigenvalue weighted by Crippen LogP contribution is 2.20. The number of halogens is 1. The number of aromatic nitrogens is 3. The average Bonchev–Trinajstić information content (AvgIpc) is 2.99. The standard InChI is InChI=1S/C14H15ClN4O3/c15-13-7-10(22-18-13)1-2-14(20)19-5-6-21-12(9-19)11-8-16-3-4-17-11/h3-4,7-8,12H,1-2,5-6,9H2. The molecule has 1 amide bonds. The smallest absolute Gasteiger partial charge is 0.223 e. The molecule has 1 saturated heterocycles. The van der Waals surface area contributed by atoms with Gasteiger partial charge in [-0.1, -0.05) is 16.8 Å². The third-order valence-electron chi connectivity index (χ3n) is 3.45. The predicted octanol–water partition coefficient (Wildman–Crippen LogP) is 1.65. The van der Waals surface area contributed by atoms with Crippen molar-refractivity contribution in [3.05, 3.63) is 41.3 Å². The molecule has 0 radical (unpaired) electrons. The van der Waals surface area contributed by atoms with E-state index >= 15 is 0 Å². The van der Waals surface area contributed by atoms with E-state index in [1.807, 2.05) is 0 Å². The fourth-order valence-electron chi connectivity index (χ4n) is 2.33. The van der Waals surface area contributed by atoms with E-state index in [9.17, 15) is 4.79 Å². The van der Waals surface area contributed by atoms with Gasteiger partial charge in [0.25, 0.3) is 0 Å². The number of rotatable bonds is 4. The van der Waals surface area contributed by atoms with Crippen molar-refractivity contribution in [2.24, 2.45) is 0 Å². The molecule has 8 heteroatoms. The van der Waals surface area contributed by atoms with Crippen molar-refractivity contribution >= 4 is 17.5 Å². The normalized spacial score (nSPS) is 18.4. The largest absolute Gasteiger partial charge is 0.368 e. The van der Waals surface area contributed by atoms with Crippen LogP contribution in [-0.4, -0.2) is 45.6 Å². The molecule has 3 rings (SSSR count). The molecular weight excluding hydrogens is 308 g/mol. The zero-order valence-electron chi connectivity index (χ0n) is 11.8. The Hall–Kier alpha value is -1.99. The summed E-state index contributed by atoms with van der Waals surface area (Å²) < 4.78 is 10.7. The van der Waals surface area contributed by atoms with Gasteiger partial charge in [0.05, 0.1) is 25.0 Å². The first-order valence-electron chi connectivity index (χ1n) is 6.99. The molecule has 1 aliphatic rings. The molecule has 0 aliphatic carbocycles. The van der Waals surface area contributed by atoms with Crippen LogP contribution in [0.4, 0.5) is 0 Å². The predicted molar refractivity (Wildman–Crippen MR) is 77.1 cm³/mol. The number of hydrogen-bond acceptors (Lipinski definition) is 6.